The van der Waals surface area contributed by atoms with Crippen LogP contribution in [0.3, 0.4) is 0 Å². The Labute approximate surface area is 130 Å². The van der Waals surface area contributed by atoms with Gasteiger partial charge in [-0.2, -0.15) is 0 Å². The minimum Gasteiger partial charge on any atom is -0.325 e. The fourth-order valence-electron chi connectivity index (χ4n) is 3.00. The van der Waals surface area contributed by atoms with Gasteiger partial charge in [-0.05, 0) is 31.4 Å². The van der Waals surface area contributed by atoms with Crippen LogP contribution in [-0.2, 0) is 6.54 Å². The van der Waals surface area contributed by atoms with Crippen LogP contribution in [0.15, 0.2) is 30.3 Å². The maximum absolute atomic E-state index is 6.41. The standard InChI is InChI=1S/C18H31N3/c1-3-18(19,4-2)10-11-20-12-14-21(15-13-20)16-17-8-6-5-7-9-17/h5-9H,3-4,10-16,19H2,1-2H3. The number of rotatable bonds is 7. The maximum Gasteiger partial charge on any atom is 0.0234 e. The van der Waals surface area contributed by atoms with E-state index in [4.69, 9.17) is 5.73 Å². The monoisotopic (exact) mass is 289 g/mol. The molecule has 0 atom stereocenters. The molecule has 1 aliphatic rings. The van der Waals surface area contributed by atoms with Gasteiger partial charge in [-0.3, -0.25) is 4.90 Å². The predicted molar refractivity (Wildman–Crippen MR) is 90.3 cm³/mol. The van der Waals surface area contributed by atoms with Crippen LogP contribution in [0.25, 0.3) is 0 Å². The number of nitrogens with two attached hydrogens (primary N) is 1. The molecule has 1 aromatic carbocycles. The van der Waals surface area contributed by atoms with Gasteiger partial charge in [-0.25, -0.2) is 0 Å². The SMILES string of the molecule is CCC(N)(CC)CCN1CCN(Cc2ccccc2)CC1. The van der Waals surface area contributed by atoms with Crippen LogP contribution in [0.4, 0.5) is 0 Å². The zero-order valence-corrected chi connectivity index (χ0v) is 13.7. The summed E-state index contributed by atoms with van der Waals surface area (Å²) in [6, 6.07) is 10.8. The molecule has 1 heterocycles. The molecule has 1 fully saturated rings. The van der Waals surface area contributed by atoms with Crippen LogP contribution in [0.2, 0.25) is 0 Å². The number of hydrogen-bond acceptors (Lipinski definition) is 3. The summed E-state index contributed by atoms with van der Waals surface area (Å²) in [6.07, 6.45) is 3.29. The highest BCUT2D eigenvalue weighted by molar-refractivity contribution is 5.14. The zero-order valence-electron chi connectivity index (χ0n) is 13.7. The van der Waals surface area contributed by atoms with E-state index in [2.05, 4.69) is 54.0 Å². The molecule has 0 aromatic heterocycles. The van der Waals surface area contributed by atoms with Crippen LogP contribution < -0.4 is 5.73 Å². The molecule has 3 heteroatoms. The highest BCUT2D eigenvalue weighted by atomic mass is 15.3. The molecule has 0 bridgehead atoms. The number of piperazine rings is 1. The van der Waals surface area contributed by atoms with Crippen molar-refractivity contribution in [2.45, 2.75) is 45.2 Å². The second kappa shape index (κ2) is 7.92. The molecule has 21 heavy (non-hydrogen) atoms. The first kappa shape index (κ1) is 16.5. The Hall–Kier alpha value is -0.900. The highest BCUT2D eigenvalue weighted by Gasteiger charge is 2.23. The molecule has 0 amide bonds. The number of benzene rings is 1. The van der Waals surface area contributed by atoms with E-state index in [0.29, 0.717) is 0 Å². The Balaban J connectivity index is 1.71. The van der Waals surface area contributed by atoms with Crippen molar-refractivity contribution in [3.8, 4) is 0 Å². The van der Waals surface area contributed by atoms with Gasteiger partial charge in [0.25, 0.3) is 0 Å². The summed E-state index contributed by atoms with van der Waals surface area (Å²) in [4.78, 5) is 5.13. The highest BCUT2D eigenvalue weighted by Crippen LogP contribution is 2.17. The Bertz CT molecular complexity index is 392. The van der Waals surface area contributed by atoms with Gasteiger partial charge >= 0.3 is 0 Å². The molecule has 0 saturated carbocycles. The van der Waals surface area contributed by atoms with E-state index in [1.54, 1.807) is 0 Å². The van der Waals surface area contributed by atoms with E-state index in [-0.39, 0.29) is 5.54 Å². The van der Waals surface area contributed by atoms with E-state index in [9.17, 15) is 0 Å². The van der Waals surface area contributed by atoms with Crippen molar-refractivity contribution in [3.05, 3.63) is 35.9 Å². The van der Waals surface area contributed by atoms with Gasteiger partial charge in [0.05, 0.1) is 0 Å². The van der Waals surface area contributed by atoms with Gasteiger partial charge in [-0.1, -0.05) is 44.2 Å². The molecule has 2 N–H and O–H groups in total. The van der Waals surface area contributed by atoms with Crippen LogP contribution in [0.5, 0.6) is 0 Å². The summed E-state index contributed by atoms with van der Waals surface area (Å²) in [7, 11) is 0. The van der Waals surface area contributed by atoms with Crippen LogP contribution >= 0.6 is 0 Å². The molecule has 0 spiro atoms. The molecule has 2 rings (SSSR count). The molecule has 0 aliphatic carbocycles. The van der Waals surface area contributed by atoms with Gasteiger partial charge in [0, 0.05) is 38.3 Å². The normalized spacial score (nSPS) is 18.0. The van der Waals surface area contributed by atoms with Crippen molar-refractivity contribution in [2.24, 2.45) is 5.73 Å². The third-order valence-corrected chi connectivity index (χ3v) is 5.05. The molecule has 0 unspecified atom stereocenters. The van der Waals surface area contributed by atoms with E-state index in [0.717, 1.165) is 32.4 Å². The predicted octanol–water partition coefficient (Wildman–Crippen LogP) is 2.71. The lowest BCUT2D eigenvalue weighted by Crippen LogP contribution is -2.48. The average Bonchev–Trinajstić information content (AvgIpc) is 2.55. The number of nitrogens with zero attached hydrogens (tertiary/aromatic N) is 2. The summed E-state index contributed by atoms with van der Waals surface area (Å²) in [5.74, 6) is 0. The molecular weight excluding hydrogens is 258 g/mol. The second-order valence-corrected chi connectivity index (χ2v) is 6.42. The summed E-state index contributed by atoms with van der Waals surface area (Å²) in [5.41, 5.74) is 7.87. The summed E-state index contributed by atoms with van der Waals surface area (Å²) in [5, 5.41) is 0. The Kier molecular flexibility index (Phi) is 6.22. The van der Waals surface area contributed by atoms with Crippen molar-refractivity contribution in [3.63, 3.8) is 0 Å². The average molecular weight is 289 g/mol. The lowest BCUT2D eigenvalue weighted by atomic mass is 9.90. The molecule has 1 aliphatic heterocycles. The van der Waals surface area contributed by atoms with Crippen molar-refractivity contribution in [2.75, 3.05) is 32.7 Å². The lowest BCUT2D eigenvalue weighted by Gasteiger charge is -2.37. The third-order valence-electron chi connectivity index (χ3n) is 5.05. The topological polar surface area (TPSA) is 32.5 Å². The van der Waals surface area contributed by atoms with Gasteiger partial charge in [0.15, 0.2) is 0 Å². The van der Waals surface area contributed by atoms with E-state index in [1.807, 2.05) is 0 Å². The zero-order chi connectivity index (χ0) is 15.1. The molecule has 118 valence electrons. The first-order chi connectivity index (χ1) is 10.1. The third kappa shape index (κ3) is 5.10. The maximum atomic E-state index is 6.41. The molecule has 0 radical (unpaired) electrons. The summed E-state index contributed by atoms with van der Waals surface area (Å²) >= 11 is 0. The molecular formula is C18H31N3. The lowest BCUT2D eigenvalue weighted by molar-refractivity contribution is 0.118. The van der Waals surface area contributed by atoms with Crippen LogP contribution in [0.1, 0.15) is 38.7 Å². The van der Waals surface area contributed by atoms with Crippen molar-refractivity contribution in [1.82, 2.24) is 9.80 Å². The smallest absolute Gasteiger partial charge is 0.0234 e. The van der Waals surface area contributed by atoms with Gasteiger partial charge < -0.3 is 10.6 Å². The van der Waals surface area contributed by atoms with Crippen LogP contribution in [0, 0.1) is 0 Å². The van der Waals surface area contributed by atoms with Gasteiger partial charge in [0.1, 0.15) is 0 Å². The van der Waals surface area contributed by atoms with E-state index in [1.165, 1.54) is 31.7 Å². The molecule has 1 aromatic rings. The first-order valence-corrected chi connectivity index (χ1v) is 8.43. The first-order valence-electron chi connectivity index (χ1n) is 8.43. The van der Waals surface area contributed by atoms with E-state index >= 15 is 0 Å². The minimum atomic E-state index is 0.0428. The minimum absolute atomic E-state index is 0.0428. The van der Waals surface area contributed by atoms with Crippen molar-refractivity contribution < 1.29 is 0 Å². The summed E-state index contributed by atoms with van der Waals surface area (Å²) in [6.45, 7) is 11.3. The molecule has 1 saturated heterocycles. The fourth-order valence-corrected chi connectivity index (χ4v) is 3.00. The van der Waals surface area contributed by atoms with Gasteiger partial charge in [0.2, 0.25) is 0 Å². The van der Waals surface area contributed by atoms with Crippen molar-refractivity contribution >= 4 is 0 Å². The summed E-state index contributed by atoms with van der Waals surface area (Å²) < 4.78 is 0. The second-order valence-electron chi connectivity index (χ2n) is 6.42. The Morgan fingerprint density at radius 3 is 2.10 bits per heavy atom. The largest absolute Gasteiger partial charge is 0.325 e. The van der Waals surface area contributed by atoms with E-state index < -0.39 is 0 Å². The van der Waals surface area contributed by atoms with Crippen LogP contribution in [-0.4, -0.2) is 48.1 Å². The molecule has 3 nitrogen and oxygen atoms in total. The quantitative estimate of drug-likeness (QED) is 0.837. The van der Waals surface area contributed by atoms with Gasteiger partial charge in [-0.15, -0.1) is 0 Å². The fraction of sp³-hybridized carbons (Fsp3) is 0.667. The Morgan fingerprint density at radius 2 is 1.52 bits per heavy atom. The Morgan fingerprint density at radius 1 is 0.952 bits per heavy atom. The number of hydrogen-bond donors (Lipinski definition) is 1. The van der Waals surface area contributed by atoms with Crippen molar-refractivity contribution in [1.29, 1.82) is 0 Å².